The van der Waals surface area contributed by atoms with Gasteiger partial charge in [0.05, 0.1) is 18.5 Å². The number of nitrogens with zero attached hydrogens (tertiary/aromatic N) is 1. The fraction of sp³-hybridized carbons (Fsp3) is 0.381. The number of rotatable bonds is 10. The molecule has 1 aromatic carbocycles. The van der Waals surface area contributed by atoms with Crippen LogP contribution in [0.5, 0.6) is 11.6 Å². The Bertz CT molecular complexity index is 1120. The summed E-state index contributed by atoms with van der Waals surface area (Å²) in [4.78, 5) is 63.7. The summed E-state index contributed by atoms with van der Waals surface area (Å²) in [6.45, 7) is 6.09. The third-order valence-electron chi connectivity index (χ3n) is 4.63. The van der Waals surface area contributed by atoms with Gasteiger partial charge in [0.1, 0.15) is 5.75 Å². The van der Waals surface area contributed by atoms with Gasteiger partial charge in [-0.15, -0.1) is 0 Å². The summed E-state index contributed by atoms with van der Waals surface area (Å²) in [5.74, 6) is -0.108. The van der Waals surface area contributed by atoms with E-state index >= 15 is 0 Å². The van der Waals surface area contributed by atoms with Gasteiger partial charge in [-0.1, -0.05) is 32.9 Å². The van der Waals surface area contributed by atoms with Crippen LogP contribution in [0.2, 0.25) is 0 Å². The van der Waals surface area contributed by atoms with E-state index in [0.717, 1.165) is 5.56 Å². The molecule has 0 bridgehead atoms. The van der Waals surface area contributed by atoms with Gasteiger partial charge in [0, 0.05) is 12.5 Å². The van der Waals surface area contributed by atoms with E-state index in [1.54, 1.807) is 17.4 Å². The maximum absolute atomic E-state index is 11.9. The third kappa shape index (κ3) is 9.69. The number of carbonyl (C=O) groups excluding carboxylic acids is 2. The van der Waals surface area contributed by atoms with Crippen LogP contribution < -0.4 is 15.4 Å². The summed E-state index contributed by atoms with van der Waals surface area (Å²) in [5, 5.41) is 4.05. The molecule has 0 atom stereocenters. The van der Waals surface area contributed by atoms with Crippen LogP contribution >= 0.6 is 15.2 Å². The molecule has 13 nitrogen and oxygen atoms in total. The monoisotopic (exact) mass is 545 g/mol. The minimum Gasteiger partial charge on any atom is -0.449 e. The van der Waals surface area contributed by atoms with E-state index in [1.165, 1.54) is 6.20 Å². The molecule has 36 heavy (non-hydrogen) atoms. The summed E-state index contributed by atoms with van der Waals surface area (Å²) in [6.07, 6.45) is 0.0613. The smallest absolute Gasteiger partial charge is 0.411 e. The molecule has 198 valence electrons. The second-order valence-electron chi connectivity index (χ2n) is 8.75. The molecule has 0 aliphatic rings. The minimum absolute atomic E-state index is 0.0194. The summed E-state index contributed by atoms with van der Waals surface area (Å²) in [5.41, 5.74) is -1.14. The first-order valence-corrected chi connectivity index (χ1v) is 14.0. The van der Waals surface area contributed by atoms with E-state index in [9.17, 15) is 18.7 Å². The predicted octanol–water partition coefficient (Wildman–Crippen LogP) is 3.26. The highest BCUT2D eigenvalue weighted by Gasteiger charge is 2.44. The topological polar surface area (TPSA) is 205 Å². The first kappa shape index (κ1) is 29.4. The number of ether oxygens (including phenoxy) is 2. The van der Waals surface area contributed by atoms with E-state index in [4.69, 9.17) is 29.0 Å². The zero-order valence-corrected chi connectivity index (χ0v) is 21.6. The van der Waals surface area contributed by atoms with Crippen molar-refractivity contribution in [3.63, 3.8) is 0 Å². The molecule has 0 aliphatic heterocycles. The number of hydrogen-bond acceptors (Lipinski definition) is 7. The zero-order chi connectivity index (χ0) is 27.1. The van der Waals surface area contributed by atoms with Crippen molar-refractivity contribution in [2.45, 2.75) is 44.6 Å². The summed E-state index contributed by atoms with van der Waals surface area (Å²) in [6, 6.07) is 10.7. The number of nitrogens with one attached hydrogen (secondary N) is 2. The largest absolute Gasteiger partial charge is 0.449 e. The Kier molecular flexibility index (Phi) is 9.78. The van der Waals surface area contributed by atoms with Crippen molar-refractivity contribution in [3.05, 3.63) is 48.2 Å². The standard InChI is InChI=1S/C21H29N3O10P2/c1-21(2,3)14-6-9-16(10-7-14)34-18-11-8-15(13-22-18)23-19(26)33-12-4-5-17(25)24-20(35(27,28)29)36(30,31)32/h6-11,13,20H,4-5,12H2,1-3H3,(H,23,26)(H,24,25)(H2,27,28,29)(H2,30,31,32). The Morgan fingerprint density at radius 1 is 1.00 bits per heavy atom. The van der Waals surface area contributed by atoms with E-state index < -0.39 is 39.1 Å². The van der Waals surface area contributed by atoms with Crippen molar-refractivity contribution in [1.29, 1.82) is 0 Å². The number of hydrogen-bond donors (Lipinski definition) is 6. The van der Waals surface area contributed by atoms with Crippen molar-refractivity contribution >= 4 is 32.9 Å². The van der Waals surface area contributed by atoms with Gasteiger partial charge in [-0.05, 0) is 35.6 Å². The molecular weight excluding hydrogens is 516 g/mol. The van der Waals surface area contributed by atoms with E-state index in [0.29, 0.717) is 17.3 Å². The van der Waals surface area contributed by atoms with Crippen LogP contribution in [0.4, 0.5) is 10.5 Å². The van der Waals surface area contributed by atoms with Gasteiger partial charge in [0.2, 0.25) is 17.3 Å². The molecule has 2 amide bonds. The Balaban J connectivity index is 1.76. The fourth-order valence-electron chi connectivity index (χ4n) is 2.79. The molecule has 15 heteroatoms. The van der Waals surface area contributed by atoms with Crippen LogP contribution in [0.1, 0.15) is 39.2 Å². The lowest BCUT2D eigenvalue weighted by molar-refractivity contribution is -0.121. The number of aromatic nitrogens is 1. The quantitative estimate of drug-likeness (QED) is 0.189. The normalized spacial score (nSPS) is 12.2. The highest BCUT2D eigenvalue weighted by molar-refractivity contribution is 7.70. The van der Waals surface area contributed by atoms with Crippen LogP contribution in [-0.4, -0.2) is 48.7 Å². The Morgan fingerprint density at radius 2 is 1.61 bits per heavy atom. The number of pyridine rings is 1. The summed E-state index contributed by atoms with van der Waals surface area (Å²) in [7, 11) is -10.6. The molecular formula is C21H29N3O10P2. The third-order valence-corrected chi connectivity index (χ3v) is 7.97. The van der Waals surface area contributed by atoms with Crippen LogP contribution in [0, 0.1) is 0 Å². The number of benzene rings is 1. The van der Waals surface area contributed by atoms with Crippen LogP contribution in [-0.2, 0) is 24.1 Å². The molecule has 0 radical (unpaired) electrons. The second kappa shape index (κ2) is 12.0. The summed E-state index contributed by atoms with van der Waals surface area (Å²) >= 11 is 0. The van der Waals surface area contributed by atoms with Gasteiger partial charge in [0.25, 0.3) is 0 Å². The maximum Gasteiger partial charge on any atom is 0.411 e. The van der Waals surface area contributed by atoms with Crippen LogP contribution in [0.25, 0.3) is 0 Å². The van der Waals surface area contributed by atoms with Gasteiger partial charge in [0.15, 0.2) is 0 Å². The number of amides is 2. The van der Waals surface area contributed by atoms with E-state index in [1.807, 2.05) is 24.3 Å². The van der Waals surface area contributed by atoms with Crippen molar-refractivity contribution in [2.24, 2.45) is 0 Å². The number of carbonyl (C=O) groups is 2. The molecule has 0 saturated carbocycles. The molecule has 2 aromatic rings. The Morgan fingerprint density at radius 3 is 2.11 bits per heavy atom. The zero-order valence-electron chi connectivity index (χ0n) is 19.8. The highest BCUT2D eigenvalue weighted by atomic mass is 31.2. The van der Waals surface area contributed by atoms with Gasteiger partial charge in [-0.3, -0.25) is 19.2 Å². The van der Waals surface area contributed by atoms with Crippen molar-refractivity contribution < 1.29 is 47.8 Å². The SMILES string of the molecule is CC(C)(C)c1ccc(Oc2ccc(NC(=O)OCCCC(=O)NC(P(=O)(O)O)P(=O)(O)O)cn2)cc1. The van der Waals surface area contributed by atoms with E-state index in [2.05, 4.69) is 31.1 Å². The molecule has 0 saturated heterocycles. The van der Waals surface area contributed by atoms with Crippen LogP contribution in [0.15, 0.2) is 42.6 Å². The van der Waals surface area contributed by atoms with E-state index in [-0.39, 0.29) is 18.4 Å². The van der Waals surface area contributed by atoms with Gasteiger partial charge < -0.3 is 34.4 Å². The first-order valence-electron chi connectivity index (χ1n) is 10.6. The van der Waals surface area contributed by atoms with Gasteiger partial charge >= 0.3 is 21.3 Å². The Hall–Kier alpha value is -2.79. The molecule has 0 spiro atoms. The molecule has 0 aliphatic carbocycles. The summed E-state index contributed by atoms with van der Waals surface area (Å²) < 4.78 is 32.9. The predicted molar refractivity (Wildman–Crippen MR) is 130 cm³/mol. The van der Waals surface area contributed by atoms with Crippen molar-refractivity contribution in [3.8, 4) is 11.6 Å². The lowest BCUT2D eigenvalue weighted by atomic mass is 9.87. The molecule has 1 aromatic heterocycles. The average Bonchev–Trinajstić information content (AvgIpc) is 2.75. The second-order valence-corrected chi connectivity index (χ2v) is 12.5. The molecule has 0 unspecified atom stereocenters. The minimum atomic E-state index is -5.28. The number of anilines is 1. The Labute approximate surface area is 207 Å². The van der Waals surface area contributed by atoms with Crippen molar-refractivity contribution in [2.75, 3.05) is 11.9 Å². The highest BCUT2D eigenvalue weighted by Crippen LogP contribution is 2.58. The average molecular weight is 545 g/mol. The lowest BCUT2D eigenvalue weighted by Gasteiger charge is -2.20. The van der Waals surface area contributed by atoms with Gasteiger partial charge in [-0.25, -0.2) is 9.78 Å². The lowest BCUT2D eigenvalue weighted by Crippen LogP contribution is -2.34. The van der Waals surface area contributed by atoms with Gasteiger partial charge in [-0.2, -0.15) is 0 Å². The van der Waals surface area contributed by atoms with Crippen molar-refractivity contribution in [1.82, 2.24) is 10.3 Å². The molecule has 2 rings (SSSR count). The molecule has 1 heterocycles. The molecule has 0 fully saturated rings. The fourth-order valence-corrected chi connectivity index (χ4v) is 4.98. The first-order chi connectivity index (χ1) is 16.6. The maximum atomic E-state index is 11.9. The van der Waals surface area contributed by atoms with Crippen LogP contribution in [0.3, 0.4) is 0 Å². The molecule has 6 N–H and O–H groups in total.